The number of aromatic nitrogens is 4. The average Bonchev–Trinajstić information content (AvgIpc) is 3.22. The van der Waals surface area contributed by atoms with Crippen LogP contribution in [-0.4, -0.2) is 45.1 Å². The van der Waals surface area contributed by atoms with Gasteiger partial charge in [-0.05, 0) is 31.2 Å². The van der Waals surface area contributed by atoms with Crippen LogP contribution in [-0.2, 0) is 0 Å². The maximum absolute atomic E-state index is 11.6. The molecule has 0 aliphatic rings. The van der Waals surface area contributed by atoms with E-state index in [1.807, 2.05) is 29.0 Å². The van der Waals surface area contributed by atoms with Crippen LogP contribution in [0.25, 0.3) is 16.9 Å². The summed E-state index contributed by atoms with van der Waals surface area (Å²) in [6.07, 6.45) is 5.19. The van der Waals surface area contributed by atoms with Gasteiger partial charge in [0.1, 0.15) is 22.9 Å². The van der Waals surface area contributed by atoms with E-state index in [0.29, 0.717) is 29.5 Å². The number of nitro benzene ring substituents is 1. The number of pyridine rings is 1. The molecule has 4 aromatic rings. The Bertz CT molecular complexity index is 1250. The zero-order chi connectivity index (χ0) is 22.0. The van der Waals surface area contributed by atoms with E-state index in [0.717, 1.165) is 11.0 Å². The third kappa shape index (κ3) is 3.82. The van der Waals surface area contributed by atoms with Gasteiger partial charge in [-0.3, -0.25) is 14.7 Å². The smallest absolute Gasteiger partial charge is 0.294 e. The van der Waals surface area contributed by atoms with Crippen molar-refractivity contribution in [1.82, 2.24) is 19.5 Å². The summed E-state index contributed by atoms with van der Waals surface area (Å²) in [5.41, 5.74) is 1.47. The highest BCUT2D eigenvalue weighted by Crippen LogP contribution is 2.38. The van der Waals surface area contributed by atoms with Crippen molar-refractivity contribution in [3.63, 3.8) is 0 Å². The lowest BCUT2D eigenvalue weighted by atomic mass is 10.2. The number of fused-ring (bicyclic) bond motifs is 1. The molecule has 0 bridgehead atoms. The summed E-state index contributed by atoms with van der Waals surface area (Å²) in [5, 5.41) is 15.6. The van der Waals surface area contributed by atoms with Crippen LogP contribution < -0.4 is 15.0 Å². The summed E-state index contributed by atoms with van der Waals surface area (Å²) >= 11 is 0. The van der Waals surface area contributed by atoms with Gasteiger partial charge in [0, 0.05) is 49.7 Å². The molecule has 0 saturated carbocycles. The molecule has 0 atom stereocenters. The van der Waals surface area contributed by atoms with Crippen LogP contribution >= 0.6 is 0 Å². The Morgan fingerprint density at radius 3 is 2.84 bits per heavy atom. The van der Waals surface area contributed by atoms with Gasteiger partial charge in [0.15, 0.2) is 0 Å². The van der Waals surface area contributed by atoms with Gasteiger partial charge in [-0.25, -0.2) is 9.97 Å². The number of nitrogens with one attached hydrogen (secondary N) is 1. The van der Waals surface area contributed by atoms with E-state index in [2.05, 4.69) is 27.2 Å². The highest BCUT2D eigenvalue weighted by molar-refractivity contribution is 5.78. The van der Waals surface area contributed by atoms with Crippen LogP contribution in [0.15, 0.2) is 55.0 Å². The minimum absolute atomic E-state index is 0.0776. The predicted molar refractivity (Wildman–Crippen MR) is 118 cm³/mol. The highest BCUT2D eigenvalue weighted by atomic mass is 16.6. The number of hydrogen-bond acceptors (Lipinski definition) is 8. The molecule has 31 heavy (non-hydrogen) atoms. The van der Waals surface area contributed by atoms with E-state index < -0.39 is 4.92 Å². The first-order valence-electron chi connectivity index (χ1n) is 9.41. The lowest BCUT2D eigenvalue weighted by Gasteiger charge is -2.19. The van der Waals surface area contributed by atoms with E-state index >= 15 is 0 Å². The first-order chi connectivity index (χ1) is 15.0. The van der Waals surface area contributed by atoms with Crippen molar-refractivity contribution in [1.29, 1.82) is 0 Å². The molecule has 1 N–H and O–H groups in total. The summed E-state index contributed by atoms with van der Waals surface area (Å²) in [6.45, 7) is 4.15. The second-order valence-corrected chi connectivity index (χ2v) is 6.69. The Morgan fingerprint density at radius 1 is 1.26 bits per heavy atom. The fourth-order valence-electron chi connectivity index (χ4n) is 3.21. The van der Waals surface area contributed by atoms with E-state index in [4.69, 9.17) is 4.74 Å². The minimum atomic E-state index is -0.443. The van der Waals surface area contributed by atoms with Crippen molar-refractivity contribution < 1.29 is 9.66 Å². The third-order valence-corrected chi connectivity index (χ3v) is 4.82. The number of benzene rings is 1. The maximum Gasteiger partial charge on any atom is 0.294 e. The third-order valence-electron chi connectivity index (χ3n) is 4.82. The van der Waals surface area contributed by atoms with Gasteiger partial charge in [0.25, 0.3) is 5.69 Å². The topological polar surface area (TPSA) is 111 Å². The Morgan fingerprint density at radius 2 is 2.10 bits per heavy atom. The number of rotatable bonds is 7. The first-order valence-corrected chi connectivity index (χ1v) is 9.41. The van der Waals surface area contributed by atoms with Crippen molar-refractivity contribution in [3.8, 4) is 11.6 Å². The molecule has 0 aliphatic carbocycles. The van der Waals surface area contributed by atoms with Crippen LogP contribution in [0.4, 0.5) is 23.0 Å². The zero-order valence-electron chi connectivity index (χ0n) is 17.0. The van der Waals surface area contributed by atoms with Gasteiger partial charge in [0.05, 0.1) is 17.7 Å². The van der Waals surface area contributed by atoms with Gasteiger partial charge in [-0.15, -0.1) is 0 Å². The summed E-state index contributed by atoms with van der Waals surface area (Å²) in [7, 11) is 3.22. The molecule has 0 fully saturated rings. The molecular formula is C21H20N7O3. The summed E-state index contributed by atoms with van der Waals surface area (Å²) in [5.74, 6) is 1.29. The summed E-state index contributed by atoms with van der Waals surface area (Å²) < 4.78 is 7.29. The van der Waals surface area contributed by atoms with Gasteiger partial charge in [0.2, 0.25) is 5.95 Å². The van der Waals surface area contributed by atoms with Crippen LogP contribution in [0.3, 0.4) is 0 Å². The molecule has 0 aliphatic heterocycles. The van der Waals surface area contributed by atoms with Gasteiger partial charge in [-0.1, -0.05) is 0 Å². The maximum atomic E-state index is 11.6. The van der Waals surface area contributed by atoms with E-state index in [1.54, 1.807) is 36.5 Å². The number of methoxy groups -OCH3 is 1. The molecular weight excluding hydrogens is 398 g/mol. The van der Waals surface area contributed by atoms with Crippen LogP contribution in [0, 0.1) is 17.0 Å². The molecule has 10 heteroatoms. The molecule has 10 nitrogen and oxygen atoms in total. The molecule has 4 rings (SSSR count). The second kappa shape index (κ2) is 8.27. The fourth-order valence-corrected chi connectivity index (χ4v) is 3.21. The van der Waals surface area contributed by atoms with Crippen molar-refractivity contribution >= 4 is 34.0 Å². The summed E-state index contributed by atoms with van der Waals surface area (Å²) in [6, 6.07) is 10.5. The van der Waals surface area contributed by atoms with Crippen molar-refractivity contribution in [3.05, 3.63) is 72.0 Å². The second-order valence-electron chi connectivity index (χ2n) is 6.69. The van der Waals surface area contributed by atoms with E-state index in [-0.39, 0.29) is 11.6 Å². The standard InChI is InChI=1S/C21H20N7O3/c1-4-26(2)16-13-18(31-3)15(12-17(16)28(29)30)24-21-23-10-7-19(25-21)27-11-8-14-6-5-9-22-20(14)27/h5-13H,1,4H2,2-3H3,(H,23,24,25). The van der Waals surface area contributed by atoms with Crippen LogP contribution in [0.2, 0.25) is 0 Å². The monoisotopic (exact) mass is 418 g/mol. The number of anilines is 3. The lowest BCUT2D eigenvalue weighted by Crippen LogP contribution is -2.17. The fraction of sp³-hybridized carbons (Fsp3) is 0.143. The normalized spacial score (nSPS) is 10.8. The molecule has 3 aromatic heterocycles. The SMILES string of the molecule is [CH2]CN(C)c1cc(OC)c(Nc2nccc(-n3ccc4cccnc43)n2)cc1[N+](=O)[O-]. The van der Waals surface area contributed by atoms with Crippen LogP contribution in [0.5, 0.6) is 5.75 Å². The van der Waals surface area contributed by atoms with Crippen molar-refractivity contribution in [2.75, 3.05) is 30.9 Å². The molecule has 0 spiro atoms. The molecule has 0 saturated heterocycles. The molecule has 0 amide bonds. The Kier molecular flexibility index (Phi) is 5.35. The molecule has 1 radical (unpaired) electrons. The van der Waals surface area contributed by atoms with E-state index in [9.17, 15) is 10.1 Å². The number of hydrogen-bond donors (Lipinski definition) is 1. The Balaban J connectivity index is 1.73. The van der Waals surface area contributed by atoms with Gasteiger partial charge >= 0.3 is 0 Å². The van der Waals surface area contributed by atoms with Gasteiger partial charge < -0.3 is 15.0 Å². The van der Waals surface area contributed by atoms with Crippen LogP contribution in [0.1, 0.15) is 0 Å². The Hall–Kier alpha value is -4.21. The minimum Gasteiger partial charge on any atom is -0.494 e. The average molecular weight is 418 g/mol. The predicted octanol–water partition coefficient (Wildman–Crippen LogP) is 3.75. The molecule has 1 aromatic carbocycles. The van der Waals surface area contributed by atoms with Gasteiger partial charge in [-0.2, -0.15) is 4.98 Å². The largest absolute Gasteiger partial charge is 0.494 e. The number of ether oxygens (including phenoxy) is 1. The lowest BCUT2D eigenvalue weighted by molar-refractivity contribution is -0.384. The van der Waals surface area contributed by atoms with Crippen molar-refractivity contribution in [2.24, 2.45) is 0 Å². The summed E-state index contributed by atoms with van der Waals surface area (Å²) in [4.78, 5) is 26.0. The molecule has 0 unspecified atom stereocenters. The zero-order valence-corrected chi connectivity index (χ0v) is 17.0. The van der Waals surface area contributed by atoms with Crippen molar-refractivity contribution in [2.45, 2.75) is 0 Å². The highest BCUT2D eigenvalue weighted by Gasteiger charge is 2.22. The quantitative estimate of drug-likeness (QED) is 0.357. The molecule has 157 valence electrons. The number of nitro groups is 1. The number of nitrogens with zero attached hydrogens (tertiary/aromatic N) is 6. The first kappa shape index (κ1) is 20.1. The van der Waals surface area contributed by atoms with E-state index in [1.165, 1.54) is 13.2 Å². The Labute approximate surface area is 178 Å². The molecule has 3 heterocycles.